The first kappa shape index (κ1) is 12.0. The molecule has 0 aromatic carbocycles. The summed E-state index contributed by atoms with van der Waals surface area (Å²) in [6.45, 7) is 2.27. The second-order valence-electron chi connectivity index (χ2n) is 5.29. The number of aromatic nitrogens is 3. The maximum Gasteiger partial charge on any atom is 0.191 e. The van der Waals surface area contributed by atoms with Crippen molar-refractivity contribution < 1.29 is 0 Å². The topological polar surface area (TPSA) is 30.7 Å². The van der Waals surface area contributed by atoms with Crippen molar-refractivity contribution >= 4 is 27.7 Å². The lowest BCUT2D eigenvalue weighted by Crippen LogP contribution is -2.04. The van der Waals surface area contributed by atoms with E-state index in [9.17, 15) is 0 Å². The van der Waals surface area contributed by atoms with Gasteiger partial charge in [-0.15, -0.1) is 10.2 Å². The minimum absolute atomic E-state index is 0.689. The van der Waals surface area contributed by atoms with E-state index in [1.807, 2.05) is 11.8 Å². The molecular weight excluding hydrogens is 298 g/mol. The highest BCUT2D eigenvalue weighted by atomic mass is 79.9. The maximum absolute atomic E-state index is 4.42. The van der Waals surface area contributed by atoms with E-state index < -0.39 is 0 Å². The Morgan fingerprint density at radius 1 is 1.35 bits per heavy atom. The zero-order valence-electron chi connectivity index (χ0n) is 10.1. The molecule has 0 aliphatic heterocycles. The summed E-state index contributed by atoms with van der Waals surface area (Å²) in [7, 11) is 0. The molecule has 1 aromatic rings. The van der Waals surface area contributed by atoms with Crippen molar-refractivity contribution in [3.05, 3.63) is 5.82 Å². The van der Waals surface area contributed by atoms with Crippen molar-refractivity contribution in [2.45, 2.75) is 49.7 Å². The molecular formula is C12H18BrN3S. The van der Waals surface area contributed by atoms with Gasteiger partial charge in [0.05, 0.1) is 0 Å². The highest BCUT2D eigenvalue weighted by Crippen LogP contribution is 2.46. The van der Waals surface area contributed by atoms with Crippen LogP contribution in [0.25, 0.3) is 0 Å². The minimum Gasteiger partial charge on any atom is -0.303 e. The van der Waals surface area contributed by atoms with Crippen LogP contribution < -0.4 is 0 Å². The third kappa shape index (κ3) is 2.70. The van der Waals surface area contributed by atoms with Gasteiger partial charge in [-0.25, -0.2) is 0 Å². The predicted molar refractivity (Wildman–Crippen MR) is 74.0 cm³/mol. The minimum atomic E-state index is 0.689. The van der Waals surface area contributed by atoms with E-state index >= 15 is 0 Å². The molecule has 3 rings (SSSR count). The molecule has 0 N–H and O–H groups in total. The summed E-state index contributed by atoms with van der Waals surface area (Å²) >= 11 is 5.40. The Kier molecular flexibility index (Phi) is 3.48. The summed E-state index contributed by atoms with van der Waals surface area (Å²) in [5.41, 5.74) is 0. The first-order valence-electron chi connectivity index (χ1n) is 6.43. The van der Waals surface area contributed by atoms with Gasteiger partial charge in [-0.05, 0) is 31.6 Å². The number of hydrogen-bond acceptors (Lipinski definition) is 3. The zero-order valence-corrected chi connectivity index (χ0v) is 12.5. The molecule has 0 spiro atoms. The summed E-state index contributed by atoms with van der Waals surface area (Å²) in [5.74, 6) is 3.79. The fraction of sp³-hybridized carbons (Fsp3) is 0.833. The van der Waals surface area contributed by atoms with Gasteiger partial charge in [-0.1, -0.05) is 34.6 Å². The van der Waals surface area contributed by atoms with Gasteiger partial charge in [-0.3, -0.25) is 0 Å². The third-order valence-corrected chi connectivity index (χ3v) is 5.68. The summed E-state index contributed by atoms with van der Waals surface area (Å²) in [6, 6.07) is 0.711. The highest BCUT2D eigenvalue weighted by Gasteiger charge is 2.36. The van der Waals surface area contributed by atoms with E-state index in [0.717, 1.165) is 16.2 Å². The average molecular weight is 316 g/mol. The fourth-order valence-corrected chi connectivity index (χ4v) is 3.51. The fourth-order valence-electron chi connectivity index (χ4n) is 1.94. The molecule has 3 nitrogen and oxygen atoms in total. The second-order valence-corrected chi connectivity index (χ2v) is 6.92. The molecule has 94 valence electrons. The lowest BCUT2D eigenvalue weighted by atomic mass is 10.3. The Morgan fingerprint density at radius 2 is 2.12 bits per heavy atom. The molecule has 2 aliphatic rings. The third-order valence-electron chi connectivity index (χ3n) is 3.31. The number of hydrogen-bond donors (Lipinski definition) is 0. The monoisotopic (exact) mass is 315 g/mol. The van der Waals surface area contributed by atoms with E-state index in [-0.39, 0.29) is 0 Å². The molecule has 2 saturated carbocycles. The van der Waals surface area contributed by atoms with Gasteiger partial charge in [0.2, 0.25) is 0 Å². The lowest BCUT2D eigenvalue weighted by Gasteiger charge is -2.09. The quantitative estimate of drug-likeness (QED) is 0.593. The summed E-state index contributed by atoms with van der Waals surface area (Å²) in [4.78, 5) is 0. The number of nitrogens with zero attached hydrogens (tertiary/aromatic N) is 3. The van der Waals surface area contributed by atoms with Crippen LogP contribution >= 0.6 is 27.7 Å². The Bertz CT molecular complexity index is 398. The molecule has 0 radical (unpaired) electrons. The van der Waals surface area contributed by atoms with Crippen LogP contribution in [0.15, 0.2) is 5.16 Å². The number of alkyl halides is 1. The van der Waals surface area contributed by atoms with Crippen LogP contribution in [-0.2, 0) is 0 Å². The van der Waals surface area contributed by atoms with Crippen molar-refractivity contribution in [3.8, 4) is 0 Å². The Morgan fingerprint density at radius 3 is 2.71 bits per heavy atom. The van der Waals surface area contributed by atoms with Gasteiger partial charge in [0.1, 0.15) is 5.82 Å². The molecule has 0 bridgehead atoms. The number of rotatable bonds is 6. The summed E-state index contributed by atoms with van der Waals surface area (Å²) in [5, 5.41) is 11.0. The summed E-state index contributed by atoms with van der Waals surface area (Å²) < 4.78 is 2.43. The van der Waals surface area contributed by atoms with E-state index in [2.05, 4.69) is 37.6 Å². The lowest BCUT2D eigenvalue weighted by molar-refractivity contribution is 0.625. The van der Waals surface area contributed by atoms with Crippen LogP contribution in [0.5, 0.6) is 0 Å². The van der Waals surface area contributed by atoms with E-state index in [1.54, 1.807) is 0 Å². The van der Waals surface area contributed by atoms with Crippen LogP contribution in [0.3, 0.4) is 0 Å². The van der Waals surface area contributed by atoms with Gasteiger partial charge < -0.3 is 4.57 Å². The predicted octanol–water partition coefficient (Wildman–Crippen LogP) is 3.61. The van der Waals surface area contributed by atoms with Gasteiger partial charge in [0.15, 0.2) is 5.16 Å². The molecule has 1 atom stereocenters. The van der Waals surface area contributed by atoms with Gasteiger partial charge in [0.25, 0.3) is 0 Å². The highest BCUT2D eigenvalue weighted by molar-refractivity contribution is 9.09. The van der Waals surface area contributed by atoms with Crippen LogP contribution in [0.1, 0.15) is 50.4 Å². The van der Waals surface area contributed by atoms with Crippen LogP contribution in [-0.4, -0.2) is 25.8 Å². The van der Waals surface area contributed by atoms with Crippen LogP contribution in [0.2, 0.25) is 0 Å². The molecule has 0 saturated heterocycles. The standard InChI is InChI=1S/C12H18BrN3S/c1-8(6-13)7-17-12-15-14-11(9-2-3-9)16(12)10-4-5-10/h8-10H,2-7H2,1H3. The largest absolute Gasteiger partial charge is 0.303 e. The van der Waals surface area contributed by atoms with Gasteiger partial charge >= 0.3 is 0 Å². The Balaban J connectivity index is 1.74. The first-order chi connectivity index (χ1) is 8.29. The van der Waals surface area contributed by atoms with E-state index in [4.69, 9.17) is 0 Å². The SMILES string of the molecule is CC(CBr)CSc1nnc(C2CC2)n1C1CC1. The van der Waals surface area contributed by atoms with Gasteiger partial charge in [-0.2, -0.15) is 0 Å². The molecule has 0 amide bonds. The molecule has 2 aliphatic carbocycles. The Hall–Kier alpha value is -0.0300. The molecule has 2 fully saturated rings. The molecule has 1 unspecified atom stereocenters. The first-order valence-corrected chi connectivity index (χ1v) is 8.54. The maximum atomic E-state index is 4.42. The van der Waals surface area contributed by atoms with E-state index in [1.165, 1.54) is 31.5 Å². The smallest absolute Gasteiger partial charge is 0.191 e. The molecule has 1 aromatic heterocycles. The zero-order chi connectivity index (χ0) is 11.8. The molecule has 5 heteroatoms. The molecule has 17 heavy (non-hydrogen) atoms. The second kappa shape index (κ2) is 4.92. The van der Waals surface area contributed by atoms with Crippen molar-refractivity contribution in [2.24, 2.45) is 5.92 Å². The number of thioether (sulfide) groups is 1. The normalized spacial score (nSPS) is 21.8. The molecule has 1 heterocycles. The average Bonchev–Trinajstić information content (AvgIpc) is 3.24. The van der Waals surface area contributed by atoms with E-state index in [0.29, 0.717) is 17.9 Å². The van der Waals surface area contributed by atoms with Crippen molar-refractivity contribution in [1.29, 1.82) is 0 Å². The van der Waals surface area contributed by atoms with Crippen LogP contribution in [0, 0.1) is 5.92 Å². The van der Waals surface area contributed by atoms with Crippen molar-refractivity contribution in [2.75, 3.05) is 11.1 Å². The number of halogens is 1. The van der Waals surface area contributed by atoms with Crippen LogP contribution in [0.4, 0.5) is 0 Å². The Labute approximate surface area is 115 Å². The summed E-state index contributed by atoms with van der Waals surface area (Å²) in [6.07, 6.45) is 5.26. The van der Waals surface area contributed by atoms with Crippen molar-refractivity contribution in [3.63, 3.8) is 0 Å². The van der Waals surface area contributed by atoms with Crippen molar-refractivity contribution in [1.82, 2.24) is 14.8 Å². The van der Waals surface area contributed by atoms with Gasteiger partial charge in [0, 0.05) is 23.0 Å².